The lowest BCUT2D eigenvalue weighted by Crippen LogP contribution is -2.40. The van der Waals surface area contributed by atoms with Gasteiger partial charge in [0.2, 0.25) is 0 Å². The summed E-state index contributed by atoms with van der Waals surface area (Å²) >= 11 is 3.45. The Morgan fingerprint density at radius 2 is 2.24 bits per heavy atom. The lowest BCUT2D eigenvalue weighted by molar-refractivity contribution is -0.140. The van der Waals surface area contributed by atoms with Gasteiger partial charge >= 0.3 is 5.97 Å². The zero-order valence-electron chi connectivity index (χ0n) is 10.2. The summed E-state index contributed by atoms with van der Waals surface area (Å²) in [6.45, 7) is 6.18. The van der Waals surface area contributed by atoms with Crippen LogP contribution in [0.15, 0.2) is 16.7 Å². The van der Waals surface area contributed by atoms with E-state index in [4.69, 9.17) is 5.11 Å². The van der Waals surface area contributed by atoms with Gasteiger partial charge in [0.1, 0.15) is 6.04 Å². The SMILES string of the molecule is Cc1ccnc(CN[C@@H](C(=O)O)C(C)C)c1Br. The topological polar surface area (TPSA) is 62.2 Å². The number of aromatic nitrogens is 1. The van der Waals surface area contributed by atoms with Crippen molar-refractivity contribution in [3.8, 4) is 0 Å². The predicted octanol–water partition coefficient (Wildman–Crippen LogP) is 2.35. The molecule has 1 heterocycles. The Hall–Kier alpha value is -0.940. The molecular formula is C12H17BrN2O2. The van der Waals surface area contributed by atoms with Crippen LogP contribution in [0.3, 0.4) is 0 Å². The van der Waals surface area contributed by atoms with E-state index in [0.29, 0.717) is 6.54 Å². The summed E-state index contributed by atoms with van der Waals surface area (Å²) in [7, 11) is 0. The summed E-state index contributed by atoms with van der Waals surface area (Å²) in [5.41, 5.74) is 1.92. The number of aryl methyl sites for hydroxylation is 1. The quantitative estimate of drug-likeness (QED) is 0.876. The Morgan fingerprint density at radius 1 is 1.59 bits per heavy atom. The van der Waals surface area contributed by atoms with E-state index < -0.39 is 12.0 Å². The number of carboxylic acids is 1. The number of carbonyl (C=O) groups is 1. The Labute approximate surface area is 110 Å². The highest BCUT2D eigenvalue weighted by Gasteiger charge is 2.21. The molecule has 0 amide bonds. The predicted molar refractivity (Wildman–Crippen MR) is 69.8 cm³/mol. The summed E-state index contributed by atoms with van der Waals surface area (Å²) in [5.74, 6) is -0.792. The summed E-state index contributed by atoms with van der Waals surface area (Å²) in [6.07, 6.45) is 1.72. The van der Waals surface area contributed by atoms with Crippen molar-refractivity contribution in [2.24, 2.45) is 5.92 Å². The number of rotatable bonds is 5. The molecule has 0 unspecified atom stereocenters. The van der Waals surface area contributed by atoms with Crippen LogP contribution in [-0.2, 0) is 11.3 Å². The smallest absolute Gasteiger partial charge is 0.320 e. The van der Waals surface area contributed by atoms with E-state index in [-0.39, 0.29) is 5.92 Å². The maximum Gasteiger partial charge on any atom is 0.320 e. The fourth-order valence-electron chi connectivity index (χ4n) is 1.53. The molecule has 0 fully saturated rings. The molecule has 0 radical (unpaired) electrons. The monoisotopic (exact) mass is 300 g/mol. The largest absolute Gasteiger partial charge is 0.480 e. The van der Waals surface area contributed by atoms with E-state index >= 15 is 0 Å². The number of hydrogen-bond donors (Lipinski definition) is 2. The van der Waals surface area contributed by atoms with Crippen molar-refractivity contribution in [1.82, 2.24) is 10.3 Å². The first-order chi connectivity index (χ1) is 7.93. The van der Waals surface area contributed by atoms with E-state index in [2.05, 4.69) is 26.2 Å². The third kappa shape index (κ3) is 3.78. The number of carboxylic acid groups (broad SMARTS) is 1. The number of hydrogen-bond acceptors (Lipinski definition) is 3. The van der Waals surface area contributed by atoms with Gasteiger partial charge in [0.25, 0.3) is 0 Å². The zero-order valence-corrected chi connectivity index (χ0v) is 11.8. The molecule has 1 aromatic rings. The molecule has 1 aromatic heterocycles. The third-order valence-electron chi connectivity index (χ3n) is 2.58. The molecule has 94 valence electrons. The summed E-state index contributed by atoms with van der Waals surface area (Å²) < 4.78 is 0.931. The third-order valence-corrected chi connectivity index (χ3v) is 3.66. The summed E-state index contributed by atoms with van der Waals surface area (Å²) in [4.78, 5) is 15.2. The average molecular weight is 301 g/mol. The van der Waals surface area contributed by atoms with Crippen LogP contribution in [0.1, 0.15) is 25.1 Å². The molecule has 17 heavy (non-hydrogen) atoms. The lowest BCUT2D eigenvalue weighted by Gasteiger charge is -2.18. The Bertz CT molecular complexity index is 407. The fraction of sp³-hybridized carbons (Fsp3) is 0.500. The number of aliphatic carboxylic acids is 1. The zero-order chi connectivity index (χ0) is 13.0. The molecule has 0 aliphatic heterocycles. The molecule has 0 aromatic carbocycles. The molecule has 5 heteroatoms. The van der Waals surface area contributed by atoms with Crippen molar-refractivity contribution in [2.45, 2.75) is 33.4 Å². The number of nitrogens with one attached hydrogen (secondary N) is 1. The van der Waals surface area contributed by atoms with Gasteiger partial charge in [-0.2, -0.15) is 0 Å². The molecule has 1 rings (SSSR count). The summed E-state index contributed by atoms with van der Waals surface area (Å²) in [5, 5.41) is 12.1. The van der Waals surface area contributed by atoms with Crippen LogP contribution >= 0.6 is 15.9 Å². The van der Waals surface area contributed by atoms with E-state index in [1.807, 2.05) is 26.8 Å². The second-order valence-corrected chi connectivity index (χ2v) is 5.12. The highest BCUT2D eigenvalue weighted by atomic mass is 79.9. The van der Waals surface area contributed by atoms with Crippen molar-refractivity contribution in [3.05, 3.63) is 28.0 Å². The van der Waals surface area contributed by atoms with Crippen molar-refractivity contribution < 1.29 is 9.90 Å². The maximum absolute atomic E-state index is 11.0. The van der Waals surface area contributed by atoms with Crippen LogP contribution in [-0.4, -0.2) is 22.1 Å². The van der Waals surface area contributed by atoms with Crippen molar-refractivity contribution >= 4 is 21.9 Å². The van der Waals surface area contributed by atoms with E-state index in [9.17, 15) is 4.79 Å². The number of pyridine rings is 1. The molecule has 0 spiro atoms. The van der Waals surface area contributed by atoms with Crippen molar-refractivity contribution in [3.63, 3.8) is 0 Å². The van der Waals surface area contributed by atoms with Crippen molar-refractivity contribution in [1.29, 1.82) is 0 Å². The van der Waals surface area contributed by atoms with Gasteiger partial charge in [0, 0.05) is 17.2 Å². The minimum Gasteiger partial charge on any atom is -0.480 e. The van der Waals surface area contributed by atoms with Crippen LogP contribution in [0, 0.1) is 12.8 Å². The number of halogens is 1. The molecule has 0 bridgehead atoms. The summed E-state index contributed by atoms with van der Waals surface area (Å²) in [6, 6.07) is 1.36. The lowest BCUT2D eigenvalue weighted by atomic mass is 10.0. The van der Waals surface area contributed by atoms with Gasteiger partial charge < -0.3 is 5.11 Å². The standard InChI is InChI=1S/C12H17BrN2O2/c1-7(2)11(12(16)17)15-6-9-10(13)8(3)4-5-14-9/h4-5,7,11,15H,6H2,1-3H3,(H,16,17)/t11-/m1/s1. The first kappa shape index (κ1) is 14.1. The molecule has 1 atom stereocenters. The van der Waals surface area contributed by atoms with Crippen LogP contribution in [0.4, 0.5) is 0 Å². The molecule has 0 saturated heterocycles. The molecule has 2 N–H and O–H groups in total. The average Bonchev–Trinajstić information content (AvgIpc) is 2.23. The van der Waals surface area contributed by atoms with Crippen LogP contribution < -0.4 is 5.32 Å². The highest BCUT2D eigenvalue weighted by molar-refractivity contribution is 9.10. The first-order valence-electron chi connectivity index (χ1n) is 5.49. The minimum atomic E-state index is -0.830. The molecule has 0 saturated carbocycles. The molecular weight excluding hydrogens is 284 g/mol. The molecule has 0 aliphatic carbocycles. The van der Waals surface area contributed by atoms with Crippen molar-refractivity contribution in [2.75, 3.05) is 0 Å². The van der Waals surface area contributed by atoms with Gasteiger partial charge in [0.15, 0.2) is 0 Å². The van der Waals surface area contributed by atoms with Gasteiger partial charge in [0.05, 0.1) is 5.69 Å². The first-order valence-corrected chi connectivity index (χ1v) is 6.29. The molecule has 0 aliphatic rings. The van der Waals surface area contributed by atoms with Gasteiger partial charge in [-0.05, 0) is 40.4 Å². The van der Waals surface area contributed by atoms with E-state index in [1.54, 1.807) is 6.20 Å². The van der Waals surface area contributed by atoms with Gasteiger partial charge in [-0.1, -0.05) is 13.8 Å². The Morgan fingerprint density at radius 3 is 2.76 bits per heavy atom. The Kier molecular flexibility index (Phi) is 5.08. The maximum atomic E-state index is 11.0. The van der Waals surface area contributed by atoms with Gasteiger partial charge in [-0.3, -0.25) is 15.1 Å². The van der Waals surface area contributed by atoms with E-state index in [0.717, 1.165) is 15.7 Å². The fourth-order valence-corrected chi connectivity index (χ4v) is 1.91. The Balaban J connectivity index is 2.72. The van der Waals surface area contributed by atoms with Gasteiger partial charge in [-0.15, -0.1) is 0 Å². The second-order valence-electron chi connectivity index (χ2n) is 4.33. The van der Waals surface area contributed by atoms with Gasteiger partial charge in [-0.25, -0.2) is 0 Å². The normalized spacial score (nSPS) is 12.8. The molecule has 4 nitrogen and oxygen atoms in total. The second kappa shape index (κ2) is 6.12. The van der Waals surface area contributed by atoms with Crippen LogP contribution in [0.25, 0.3) is 0 Å². The van der Waals surface area contributed by atoms with Crippen LogP contribution in [0.5, 0.6) is 0 Å². The van der Waals surface area contributed by atoms with Crippen LogP contribution in [0.2, 0.25) is 0 Å². The number of nitrogens with zero attached hydrogens (tertiary/aromatic N) is 1. The van der Waals surface area contributed by atoms with E-state index in [1.165, 1.54) is 0 Å². The minimum absolute atomic E-state index is 0.0380. The highest BCUT2D eigenvalue weighted by Crippen LogP contribution is 2.19.